The van der Waals surface area contributed by atoms with Gasteiger partial charge in [0.15, 0.2) is 0 Å². The predicted molar refractivity (Wildman–Crippen MR) is 79.8 cm³/mol. The zero-order chi connectivity index (χ0) is 14.5. The fourth-order valence-electron chi connectivity index (χ4n) is 1.89. The lowest BCUT2D eigenvalue weighted by molar-refractivity contribution is -0.384. The summed E-state index contributed by atoms with van der Waals surface area (Å²) >= 11 is 0. The van der Waals surface area contributed by atoms with E-state index in [1.807, 2.05) is 37.3 Å². The second-order valence-corrected chi connectivity index (χ2v) is 4.47. The Kier molecular flexibility index (Phi) is 4.15. The third-order valence-electron chi connectivity index (χ3n) is 2.88. The van der Waals surface area contributed by atoms with Gasteiger partial charge >= 0.3 is 0 Å². The lowest BCUT2D eigenvalue weighted by Gasteiger charge is -2.03. The molecule has 0 bridgehead atoms. The summed E-state index contributed by atoms with van der Waals surface area (Å²) in [5.41, 5.74) is 3.16. The van der Waals surface area contributed by atoms with E-state index in [1.165, 1.54) is 12.1 Å². The van der Waals surface area contributed by atoms with Crippen molar-refractivity contribution in [2.75, 3.05) is 7.11 Å². The van der Waals surface area contributed by atoms with E-state index in [4.69, 9.17) is 4.74 Å². The van der Waals surface area contributed by atoms with Gasteiger partial charge in [-0.3, -0.25) is 10.1 Å². The number of nitrogens with zero attached hydrogens (tertiary/aromatic N) is 1. The molecule has 20 heavy (non-hydrogen) atoms. The quantitative estimate of drug-likeness (QED) is 0.477. The van der Waals surface area contributed by atoms with Crippen molar-refractivity contribution in [3.8, 4) is 5.75 Å². The van der Waals surface area contributed by atoms with Crippen LogP contribution in [0.5, 0.6) is 5.75 Å². The number of nitro benzene ring substituents is 1. The van der Waals surface area contributed by atoms with Crippen molar-refractivity contribution in [2.45, 2.75) is 6.92 Å². The van der Waals surface area contributed by atoms with Crippen molar-refractivity contribution in [3.05, 3.63) is 69.3 Å². The number of methoxy groups -OCH3 is 1. The van der Waals surface area contributed by atoms with E-state index in [9.17, 15) is 10.1 Å². The molecule has 0 aliphatic rings. The van der Waals surface area contributed by atoms with Crippen molar-refractivity contribution in [3.63, 3.8) is 0 Å². The SMILES string of the molecule is COc1cc(C)cc(/C=C/c2ccc([N+](=O)[O-])cc2)c1. The molecule has 0 atom stereocenters. The zero-order valence-corrected chi connectivity index (χ0v) is 11.4. The Bertz CT molecular complexity index is 645. The maximum atomic E-state index is 10.6. The fraction of sp³-hybridized carbons (Fsp3) is 0.125. The Morgan fingerprint density at radius 3 is 2.30 bits per heavy atom. The Morgan fingerprint density at radius 1 is 1.05 bits per heavy atom. The van der Waals surface area contributed by atoms with E-state index < -0.39 is 4.92 Å². The average molecular weight is 269 g/mol. The maximum Gasteiger partial charge on any atom is 0.269 e. The summed E-state index contributed by atoms with van der Waals surface area (Å²) in [6, 6.07) is 12.4. The highest BCUT2D eigenvalue weighted by Crippen LogP contribution is 2.19. The van der Waals surface area contributed by atoms with Crippen molar-refractivity contribution in [1.29, 1.82) is 0 Å². The summed E-state index contributed by atoms with van der Waals surface area (Å²) in [6.45, 7) is 2.01. The monoisotopic (exact) mass is 269 g/mol. The number of hydrogen-bond donors (Lipinski definition) is 0. The van der Waals surface area contributed by atoms with Crippen LogP contribution in [0.2, 0.25) is 0 Å². The van der Waals surface area contributed by atoms with E-state index in [1.54, 1.807) is 19.2 Å². The molecule has 0 fully saturated rings. The number of rotatable bonds is 4. The summed E-state index contributed by atoms with van der Waals surface area (Å²) in [4.78, 5) is 10.2. The van der Waals surface area contributed by atoms with Gasteiger partial charge in [0.05, 0.1) is 12.0 Å². The van der Waals surface area contributed by atoms with Crippen molar-refractivity contribution >= 4 is 17.8 Å². The molecule has 0 N–H and O–H groups in total. The van der Waals surface area contributed by atoms with Gasteiger partial charge < -0.3 is 4.74 Å². The van der Waals surface area contributed by atoms with Crippen LogP contribution in [0.25, 0.3) is 12.2 Å². The first kappa shape index (κ1) is 13.8. The van der Waals surface area contributed by atoms with Gasteiger partial charge in [-0.05, 0) is 47.9 Å². The molecule has 0 spiro atoms. The van der Waals surface area contributed by atoms with Crippen LogP contribution >= 0.6 is 0 Å². The van der Waals surface area contributed by atoms with Gasteiger partial charge in [-0.1, -0.05) is 18.2 Å². The van der Waals surface area contributed by atoms with Crippen LogP contribution in [-0.2, 0) is 0 Å². The number of nitro groups is 1. The average Bonchev–Trinajstić information content (AvgIpc) is 2.45. The van der Waals surface area contributed by atoms with Crippen LogP contribution in [0.1, 0.15) is 16.7 Å². The molecule has 0 saturated heterocycles. The minimum absolute atomic E-state index is 0.0966. The van der Waals surface area contributed by atoms with Gasteiger partial charge in [0.1, 0.15) is 5.75 Å². The van der Waals surface area contributed by atoms with Gasteiger partial charge in [0.25, 0.3) is 5.69 Å². The molecule has 4 heteroatoms. The van der Waals surface area contributed by atoms with Crippen LogP contribution in [0.15, 0.2) is 42.5 Å². The molecule has 0 aliphatic heterocycles. The first-order valence-electron chi connectivity index (χ1n) is 6.17. The summed E-state index contributed by atoms with van der Waals surface area (Å²) in [5.74, 6) is 0.813. The Labute approximate surface area is 117 Å². The van der Waals surface area contributed by atoms with E-state index in [0.29, 0.717) is 0 Å². The molecule has 4 nitrogen and oxygen atoms in total. The van der Waals surface area contributed by atoms with Gasteiger partial charge in [0, 0.05) is 12.1 Å². The lowest BCUT2D eigenvalue weighted by atomic mass is 10.1. The van der Waals surface area contributed by atoms with Crippen molar-refractivity contribution in [2.24, 2.45) is 0 Å². The smallest absolute Gasteiger partial charge is 0.269 e. The van der Waals surface area contributed by atoms with Crippen LogP contribution in [0, 0.1) is 17.0 Å². The van der Waals surface area contributed by atoms with Crippen LogP contribution < -0.4 is 4.74 Å². The van der Waals surface area contributed by atoms with E-state index in [0.717, 1.165) is 22.4 Å². The number of ether oxygens (including phenoxy) is 1. The number of hydrogen-bond acceptors (Lipinski definition) is 3. The van der Waals surface area contributed by atoms with Crippen LogP contribution in [0.4, 0.5) is 5.69 Å². The molecular weight excluding hydrogens is 254 g/mol. The molecule has 0 radical (unpaired) electrons. The molecule has 0 aliphatic carbocycles. The van der Waals surface area contributed by atoms with E-state index in [-0.39, 0.29) is 5.69 Å². The highest BCUT2D eigenvalue weighted by Gasteiger charge is 2.02. The first-order chi connectivity index (χ1) is 9.58. The van der Waals surface area contributed by atoms with Gasteiger partial charge in [-0.15, -0.1) is 0 Å². The van der Waals surface area contributed by atoms with Gasteiger partial charge in [-0.2, -0.15) is 0 Å². The van der Waals surface area contributed by atoms with Crippen molar-refractivity contribution < 1.29 is 9.66 Å². The molecule has 0 aromatic heterocycles. The molecule has 0 unspecified atom stereocenters. The second kappa shape index (κ2) is 6.02. The topological polar surface area (TPSA) is 52.4 Å². The minimum Gasteiger partial charge on any atom is -0.497 e. The Morgan fingerprint density at radius 2 is 1.70 bits per heavy atom. The molecule has 2 aromatic rings. The largest absolute Gasteiger partial charge is 0.497 e. The summed E-state index contributed by atoms with van der Waals surface area (Å²) in [6.07, 6.45) is 3.87. The standard InChI is InChI=1S/C16H15NO3/c1-12-9-14(11-16(10-12)20-2)4-3-13-5-7-15(8-6-13)17(18)19/h3-11H,1-2H3/b4-3+. The van der Waals surface area contributed by atoms with Crippen LogP contribution in [-0.4, -0.2) is 12.0 Å². The molecule has 2 aromatic carbocycles. The third-order valence-corrected chi connectivity index (χ3v) is 2.88. The summed E-state index contributed by atoms with van der Waals surface area (Å²) in [7, 11) is 1.64. The number of benzene rings is 2. The Hall–Kier alpha value is -2.62. The molecule has 0 amide bonds. The molecule has 102 valence electrons. The lowest BCUT2D eigenvalue weighted by Crippen LogP contribution is -1.87. The second-order valence-electron chi connectivity index (χ2n) is 4.47. The zero-order valence-electron chi connectivity index (χ0n) is 11.4. The fourth-order valence-corrected chi connectivity index (χ4v) is 1.89. The first-order valence-corrected chi connectivity index (χ1v) is 6.17. The molecule has 2 rings (SSSR count). The number of non-ortho nitro benzene ring substituents is 1. The Balaban J connectivity index is 2.20. The van der Waals surface area contributed by atoms with E-state index in [2.05, 4.69) is 0 Å². The molecular formula is C16H15NO3. The molecule has 0 heterocycles. The third kappa shape index (κ3) is 3.45. The highest BCUT2D eigenvalue weighted by atomic mass is 16.6. The van der Waals surface area contributed by atoms with Crippen LogP contribution in [0.3, 0.4) is 0 Å². The summed E-state index contributed by atoms with van der Waals surface area (Å²) in [5, 5.41) is 10.6. The van der Waals surface area contributed by atoms with E-state index >= 15 is 0 Å². The van der Waals surface area contributed by atoms with Crippen molar-refractivity contribution in [1.82, 2.24) is 0 Å². The normalized spacial score (nSPS) is 10.7. The van der Waals surface area contributed by atoms with Gasteiger partial charge in [0.2, 0.25) is 0 Å². The van der Waals surface area contributed by atoms with Gasteiger partial charge in [-0.25, -0.2) is 0 Å². The predicted octanol–water partition coefficient (Wildman–Crippen LogP) is 4.08. The maximum absolute atomic E-state index is 10.6. The summed E-state index contributed by atoms with van der Waals surface area (Å²) < 4.78 is 5.22. The molecule has 0 saturated carbocycles. The minimum atomic E-state index is -0.404. The number of aryl methyl sites for hydroxylation is 1. The highest BCUT2D eigenvalue weighted by molar-refractivity contribution is 5.71.